The quantitative estimate of drug-likeness (QED) is 0.702. The first-order valence-corrected chi connectivity index (χ1v) is 10.3. The van der Waals surface area contributed by atoms with Gasteiger partial charge >= 0.3 is 0 Å². The summed E-state index contributed by atoms with van der Waals surface area (Å²) in [5, 5.41) is 15.3. The number of aryl methyl sites for hydroxylation is 1. The highest BCUT2D eigenvalue weighted by molar-refractivity contribution is 7.17. The van der Waals surface area contributed by atoms with Crippen LogP contribution in [0.3, 0.4) is 0 Å². The molecule has 0 aliphatic carbocycles. The Balaban J connectivity index is 1.86. The summed E-state index contributed by atoms with van der Waals surface area (Å²) in [6.07, 6.45) is 2.36. The Labute approximate surface area is 168 Å². The van der Waals surface area contributed by atoms with Gasteiger partial charge in [-0.05, 0) is 44.4 Å². The number of likely N-dealkylation sites (tertiary alicyclic amines) is 1. The highest BCUT2D eigenvalue weighted by Crippen LogP contribution is 2.44. The van der Waals surface area contributed by atoms with E-state index < -0.39 is 0 Å². The summed E-state index contributed by atoms with van der Waals surface area (Å²) in [4.78, 5) is 8.41. The summed E-state index contributed by atoms with van der Waals surface area (Å²) in [5.41, 5.74) is 1.01. The molecule has 1 aliphatic rings. The maximum atomic E-state index is 11.0. The predicted octanol–water partition coefficient (Wildman–Crippen LogP) is 3.64. The van der Waals surface area contributed by atoms with E-state index in [0.717, 1.165) is 41.4 Å². The van der Waals surface area contributed by atoms with E-state index in [4.69, 9.17) is 9.47 Å². The molecule has 8 heteroatoms. The van der Waals surface area contributed by atoms with E-state index in [2.05, 4.69) is 21.9 Å². The number of ether oxygens (including phenoxy) is 2. The van der Waals surface area contributed by atoms with Crippen molar-refractivity contribution in [2.45, 2.75) is 32.7 Å². The Morgan fingerprint density at radius 3 is 2.79 bits per heavy atom. The Morgan fingerprint density at radius 2 is 2.11 bits per heavy atom. The van der Waals surface area contributed by atoms with Gasteiger partial charge in [-0.15, -0.1) is 5.10 Å². The summed E-state index contributed by atoms with van der Waals surface area (Å²) < 4.78 is 12.6. The lowest BCUT2D eigenvalue weighted by Crippen LogP contribution is -2.37. The number of hydrogen-bond donors (Lipinski definition) is 1. The molecule has 0 bridgehead atoms. The zero-order valence-electron chi connectivity index (χ0n) is 16.7. The number of piperidine rings is 1. The number of nitrogens with zero attached hydrogens (tertiary/aromatic N) is 4. The number of thiazole rings is 1. The van der Waals surface area contributed by atoms with Crippen LogP contribution in [0.15, 0.2) is 18.2 Å². The minimum Gasteiger partial charge on any atom is -0.497 e. The molecule has 0 unspecified atom stereocenters. The van der Waals surface area contributed by atoms with Crippen molar-refractivity contribution in [3.8, 4) is 17.4 Å². The summed E-state index contributed by atoms with van der Waals surface area (Å²) >= 11 is 1.48. The van der Waals surface area contributed by atoms with Crippen LogP contribution in [-0.4, -0.2) is 51.9 Å². The summed E-state index contributed by atoms with van der Waals surface area (Å²) in [5.74, 6) is 2.90. The molecule has 2 atom stereocenters. The van der Waals surface area contributed by atoms with Gasteiger partial charge in [-0.2, -0.15) is 4.52 Å². The molecule has 3 aromatic rings. The van der Waals surface area contributed by atoms with Gasteiger partial charge in [0.15, 0.2) is 0 Å². The summed E-state index contributed by atoms with van der Waals surface area (Å²) in [6.45, 7) is 6.04. The molecule has 7 nitrogen and oxygen atoms in total. The third-order valence-electron chi connectivity index (χ3n) is 5.34. The zero-order chi connectivity index (χ0) is 19.8. The fraction of sp³-hybridized carbons (Fsp3) is 0.500. The Kier molecular flexibility index (Phi) is 5.16. The number of aromatic hydroxyl groups is 1. The Hall–Kier alpha value is -2.32. The van der Waals surface area contributed by atoms with E-state index in [1.54, 1.807) is 14.2 Å². The van der Waals surface area contributed by atoms with Gasteiger partial charge in [-0.3, -0.25) is 4.90 Å². The molecule has 0 radical (unpaired) electrons. The van der Waals surface area contributed by atoms with Crippen LogP contribution in [-0.2, 0) is 0 Å². The van der Waals surface area contributed by atoms with E-state index in [-0.39, 0.29) is 11.9 Å². The number of aromatic nitrogens is 3. The van der Waals surface area contributed by atoms with Crippen molar-refractivity contribution in [3.63, 3.8) is 0 Å². The Bertz CT molecular complexity index is 983. The van der Waals surface area contributed by atoms with Gasteiger partial charge in [0.05, 0.1) is 25.1 Å². The van der Waals surface area contributed by atoms with Crippen molar-refractivity contribution < 1.29 is 14.6 Å². The highest BCUT2D eigenvalue weighted by atomic mass is 32.1. The normalized spacial score (nSPS) is 19.1. The van der Waals surface area contributed by atoms with Crippen LogP contribution < -0.4 is 9.47 Å². The van der Waals surface area contributed by atoms with E-state index in [1.165, 1.54) is 22.3 Å². The van der Waals surface area contributed by atoms with Crippen LogP contribution in [0.2, 0.25) is 0 Å². The standard InChI is InChI=1S/C20H26N4O3S/c1-12-6-5-9-23(11-12)17(15-8-7-14(26-3)10-16(15)27-4)18-19(25)24-20(28-18)21-13(2)22-24/h7-8,10,12,17,25H,5-6,9,11H2,1-4H3/t12-,17+/m0/s1. The van der Waals surface area contributed by atoms with Crippen molar-refractivity contribution in [1.82, 2.24) is 19.5 Å². The Morgan fingerprint density at radius 1 is 1.29 bits per heavy atom. The van der Waals surface area contributed by atoms with Gasteiger partial charge in [0, 0.05) is 18.2 Å². The van der Waals surface area contributed by atoms with Gasteiger partial charge in [0.2, 0.25) is 10.8 Å². The average Bonchev–Trinajstić information content (AvgIpc) is 3.20. The van der Waals surface area contributed by atoms with E-state index in [0.29, 0.717) is 16.7 Å². The van der Waals surface area contributed by atoms with Crippen molar-refractivity contribution in [2.24, 2.45) is 5.92 Å². The first-order valence-electron chi connectivity index (χ1n) is 9.52. The second-order valence-corrected chi connectivity index (χ2v) is 8.41. The number of benzene rings is 1. The SMILES string of the molecule is COc1ccc([C@H](c2sc3nc(C)nn3c2O)N2CCC[C@H](C)C2)c(OC)c1. The van der Waals surface area contributed by atoms with Crippen molar-refractivity contribution in [3.05, 3.63) is 34.5 Å². The molecule has 1 N–H and O–H groups in total. The fourth-order valence-electron chi connectivity index (χ4n) is 4.03. The molecule has 0 spiro atoms. The first kappa shape index (κ1) is 19.0. The molecule has 3 heterocycles. The van der Waals surface area contributed by atoms with E-state index >= 15 is 0 Å². The van der Waals surface area contributed by atoms with Crippen LogP contribution in [0.1, 0.15) is 42.1 Å². The lowest BCUT2D eigenvalue weighted by atomic mass is 9.95. The van der Waals surface area contributed by atoms with Gasteiger partial charge in [-0.25, -0.2) is 4.98 Å². The second-order valence-electron chi connectivity index (χ2n) is 7.40. The third kappa shape index (κ3) is 3.31. The molecule has 0 amide bonds. The smallest absolute Gasteiger partial charge is 0.230 e. The molecule has 1 aliphatic heterocycles. The molecule has 2 aromatic heterocycles. The minimum atomic E-state index is -0.127. The van der Waals surface area contributed by atoms with E-state index in [9.17, 15) is 5.11 Å². The summed E-state index contributed by atoms with van der Waals surface area (Å²) in [7, 11) is 3.31. The van der Waals surface area contributed by atoms with E-state index in [1.807, 2.05) is 25.1 Å². The molecule has 1 saturated heterocycles. The van der Waals surface area contributed by atoms with Gasteiger partial charge in [0.1, 0.15) is 17.3 Å². The highest BCUT2D eigenvalue weighted by Gasteiger charge is 2.33. The van der Waals surface area contributed by atoms with Gasteiger partial charge < -0.3 is 14.6 Å². The van der Waals surface area contributed by atoms with Crippen molar-refractivity contribution in [2.75, 3.05) is 27.3 Å². The van der Waals surface area contributed by atoms with Crippen LogP contribution in [0, 0.1) is 12.8 Å². The van der Waals surface area contributed by atoms with Gasteiger partial charge in [-0.1, -0.05) is 18.3 Å². The monoisotopic (exact) mass is 402 g/mol. The van der Waals surface area contributed by atoms with Crippen LogP contribution in [0.4, 0.5) is 0 Å². The molecule has 4 rings (SSSR count). The minimum absolute atomic E-state index is 0.127. The second kappa shape index (κ2) is 7.60. The lowest BCUT2D eigenvalue weighted by molar-refractivity contribution is 0.147. The molecule has 0 saturated carbocycles. The number of hydrogen-bond acceptors (Lipinski definition) is 7. The topological polar surface area (TPSA) is 72.1 Å². The number of fused-ring (bicyclic) bond motifs is 1. The molecule has 150 valence electrons. The largest absolute Gasteiger partial charge is 0.497 e. The van der Waals surface area contributed by atoms with Crippen LogP contribution in [0.25, 0.3) is 4.96 Å². The maximum Gasteiger partial charge on any atom is 0.230 e. The molecule has 1 fully saturated rings. The average molecular weight is 403 g/mol. The lowest BCUT2D eigenvalue weighted by Gasteiger charge is -2.37. The van der Waals surface area contributed by atoms with Crippen LogP contribution in [0.5, 0.6) is 17.4 Å². The number of rotatable bonds is 5. The predicted molar refractivity (Wildman–Crippen MR) is 109 cm³/mol. The molecule has 28 heavy (non-hydrogen) atoms. The maximum absolute atomic E-state index is 11.0. The third-order valence-corrected chi connectivity index (χ3v) is 6.42. The molecular weight excluding hydrogens is 376 g/mol. The van der Waals surface area contributed by atoms with Gasteiger partial charge in [0.25, 0.3) is 0 Å². The summed E-state index contributed by atoms with van der Waals surface area (Å²) in [6, 6.07) is 5.74. The fourth-order valence-corrected chi connectivity index (χ4v) is 5.19. The van der Waals surface area contributed by atoms with Crippen molar-refractivity contribution in [1.29, 1.82) is 0 Å². The molecular formula is C20H26N4O3S. The van der Waals surface area contributed by atoms with Crippen LogP contribution >= 0.6 is 11.3 Å². The first-order chi connectivity index (χ1) is 13.5. The number of methoxy groups -OCH3 is 2. The van der Waals surface area contributed by atoms with Crippen molar-refractivity contribution >= 4 is 16.3 Å². The molecule has 1 aromatic carbocycles. The zero-order valence-corrected chi connectivity index (χ0v) is 17.5.